The summed E-state index contributed by atoms with van der Waals surface area (Å²) in [6.07, 6.45) is 1.93. The molecule has 0 aliphatic carbocycles. The van der Waals surface area contributed by atoms with Crippen LogP contribution in [-0.2, 0) is 19.2 Å². The molecule has 3 amide bonds. The van der Waals surface area contributed by atoms with Crippen LogP contribution in [0.4, 0.5) is 0 Å². The number of thioether (sulfide) groups is 1. The number of nitrogens with two attached hydrogens (primary N) is 2. The average molecular weight is 536 g/mol. The van der Waals surface area contributed by atoms with Gasteiger partial charge in [-0.25, -0.2) is 4.79 Å². The molecule has 5 heterocycles. The molecule has 0 unspecified atom stereocenters. The quantitative estimate of drug-likeness (QED) is 0.199. The van der Waals surface area contributed by atoms with Gasteiger partial charge in [0, 0.05) is 60.4 Å². The van der Waals surface area contributed by atoms with E-state index in [0.29, 0.717) is 43.9 Å². The number of carboxylic acids is 1. The number of carboxylic acid groups (broad SMARTS) is 1. The highest BCUT2D eigenvalue weighted by Crippen LogP contribution is 2.51. The number of carbonyl (C=O) groups is 4. The van der Waals surface area contributed by atoms with Crippen molar-refractivity contribution >= 4 is 35.5 Å². The summed E-state index contributed by atoms with van der Waals surface area (Å²) in [7, 11) is 0. The summed E-state index contributed by atoms with van der Waals surface area (Å²) in [5, 5.41) is 19.4. The number of fused-ring (bicyclic) bond motifs is 1. The highest BCUT2D eigenvalue weighted by molar-refractivity contribution is 8.03. The maximum Gasteiger partial charge on any atom is 0.353 e. The molecule has 0 aromatic heterocycles. The number of amides is 3. The van der Waals surface area contributed by atoms with Gasteiger partial charge in [0.2, 0.25) is 17.7 Å². The van der Waals surface area contributed by atoms with Gasteiger partial charge in [0.15, 0.2) is 0 Å². The molecule has 5 rings (SSSR count). The second kappa shape index (κ2) is 10.2. The van der Waals surface area contributed by atoms with E-state index in [9.17, 15) is 24.3 Å². The van der Waals surface area contributed by atoms with E-state index in [1.165, 1.54) is 16.7 Å². The van der Waals surface area contributed by atoms with E-state index in [1.54, 1.807) is 11.8 Å². The van der Waals surface area contributed by atoms with Crippen molar-refractivity contribution in [2.24, 2.45) is 23.3 Å². The fourth-order valence-electron chi connectivity index (χ4n) is 6.44. The lowest BCUT2D eigenvalue weighted by Gasteiger charge is -2.47. The standard InChI is InChI=1S/C24H37N7O5S/c1-10-18-17(11(2)29-21(32)15-5-13(26)7-27-15)23(34)31(18)19(24(35)36)20(10)37-14-6-16(28-8-14)22(33)30-4-3-12(25)9-30/h10-18,27-28H,3-9,25-26H2,1-2H3,(H,29,32)(H,35,36)/t10-,11-,12-,13+,14+,15+,16+,17-,18-/m1/s1. The van der Waals surface area contributed by atoms with E-state index < -0.39 is 17.9 Å². The van der Waals surface area contributed by atoms with Gasteiger partial charge in [0.05, 0.1) is 24.0 Å². The maximum atomic E-state index is 13.2. The molecular weight excluding hydrogens is 498 g/mol. The minimum atomic E-state index is -1.13. The zero-order valence-corrected chi connectivity index (χ0v) is 22.0. The molecule has 5 aliphatic heterocycles. The minimum Gasteiger partial charge on any atom is -0.477 e. The van der Waals surface area contributed by atoms with E-state index in [4.69, 9.17) is 11.5 Å². The third-order valence-electron chi connectivity index (χ3n) is 8.40. The van der Waals surface area contributed by atoms with Crippen LogP contribution in [0.1, 0.15) is 33.1 Å². The number of nitrogens with one attached hydrogen (secondary N) is 3. The number of likely N-dealkylation sites (tertiary alicyclic amines) is 1. The van der Waals surface area contributed by atoms with Crippen LogP contribution in [0.2, 0.25) is 0 Å². The first-order valence-corrected chi connectivity index (χ1v) is 14.0. The van der Waals surface area contributed by atoms with Crippen LogP contribution >= 0.6 is 11.8 Å². The Hall–Kier alpha value is -2.19. The Labute approximate surface area is 220 Å². The van der Waals surface area contributed by atoms with E-state index in [0.717, 1.165) is 6.42 Å². The molecule has 0 saturated carbocycles. The Kier molecular flexibility index (Phi) is 7.26. The Balaban J connectivity index is 1.23. The van der Waals surface area contributed by atoms with Crippen LogP contribution in [0.3, 0.4) is 0 Å². The zero-order chi connectivity index (χ0) is 26.6. The first-order valence-electron chi connectivity index (χ1n) is 13.1. The summed E-state index contributed by atoms with van der Waals surface area (Å²) >= 11 is 1.46. The van der Waals surface area contributed by atoms with Crippen LogP contribution in [-0.4, -0.2) is 106 Å². The van der Waals surface area contributed by atoms with Gasteiger partial charge in [-0.1, -0.05) is 6.92 Å². The van der Waals surface area contributed by atoms with Gasteiger partial charge >= 0.3 is 5.97 Å². The van der Waals surface area contributed by atoms with Gasteiger partial charge in [0.1, 0.15) is 5.70 Å². The van der Waals surface area contributed by atoms with Crippen LogP contribution < -0.4 is 27.4 Å². The maximum absolute atomic E-state index is 13.2. The zero-order valence-electron chi connectivity index (χ0n) is 21.2. The first kappa shape index (κ1) is 26.4. The molecule has 0 radical (unpaired) electrons. The van der Waals surface area contributed by atoms with Gasteiger partial charge in [-0.3, -0.25) is 14.4 Å². The van der Waals surface area contributed by atoms with Crippen LogP contribution in [0, 0.1) is 11.8 Å². The number of rotatable bonds is 7. The van der Waals surface area contributed by atoms with Gasteiger partial charge in [-0.05, 0) is 26.2 Å². The molecule has 204 valence electrons. The number of hydrogen-bond acceptors (Lipinski definition) is 9. The smallest absolute Gasteiger partial charge is 0.353 e. The molecule has 8 N–H and O–H groups in total. The van der Waals surface area contributed by atoms with E-state index in [1.807, 2.05) is 6.92 Å². The third-order valence-corrected chi connectivity index (χ3v) is 9.91. The van der Waals surface area contributed by atoms with Crippen molar-refractivity contribution < 1.29 is 24.3 Å². The topological polar surface area (TPSA) is 183 Å². The van der Waals surface area contributed by atoms with Crippen molar-refractivity contribution in [2.75, 3.05) is 26.2 Å². The summed E-state index contributed by atoms with van der Waals surface area (Å²) in [6.45, 7) is 6.13. The van der Waals surface area contributed by atoms with Crippen molar-refractivity contribution in [1.29, 1.82) is 0 Å². The number of nitrogens with zero attached hydrogens (tertiary/aromatic N) is 2. The molecule has 0 bridgehead atoms. The molecule has 9 atom stereocenters. The van der Waals surface area contributed by atoms with Crippen LogP contribution in [0.15, 0.2) is 10.6 Å². The summed E-state index contributed by atoms with van der Waals surface area (Å²) in [5.74, 6) is -2.25. The van der Waals surface area contributed by atoms with Crippen LogP contribution in [0.5, 0.6) is 0 Å². The molecule has 0 spiro atoms. The van der Waals surface area contributed by atoms with Gasteiger partial charge < -0.3 is 42.3 Å². The van der Waals surface area contributed by atoms with Crippen molar-refractivity contribution in [3.8, 4) is 0 Å². The van der Waals surface area contributed by atoms with Crippen molar-refractivity contribution in [2.45, 2.75) is 74.6 Å². The fourth-order valence-corrected chi connectivity index (χ4v) is 7.92. The Bertz CT molecular complexity index is 1020. The molecule has 4 fully saturated rings. The fraction of sp³-hybridized carbons (Fsp3) is 0.750. The monoisotopic (exact) mass is 535 g/mol. The molecule has 0 aromatic rings. The van der Waals surface area contributed by atoms with Crippen molar-refractivity contribution in [3.05, 3.63) is 10.6 Å². The number of carbonyl (C=O) groups excluding carboxylic acids is 3. The summed E-state index contributed by atoms with van der Waals surface area (Å²) in [4.78, 5) is 54.8. The normalized spacial score (nSPS) is 38.1. The Morgan fingerprint density at radius 2 is 1.86 bits per heavy atom. The largest absolute Gasteiger partial charge is 0.477 e. The number of aliphatic carboxylic acids is 1. The predicted octanol–water partition coefficient (Wildman–Crippen LogP) is -2.02. The molecule has 5 aliphatic rings. The molecule has 37 heavy (non-hydrogen) atoms. The van der Waals surface area contributed by atoms with E-state index in [-0.39, 0.29) is 64.8 Å². The van der Waals surface area contributed by atoms with Crippen molar-refractivity contribution in [1.82, 2.24) is 25.8 Å². The second-order valence-electron chi connectivity index (χ2n) is 11.1. The average Bonchev–Trinajstić information content (AvgIpc) is 3.62. The SMILES string of the molecule is C[C@@H](NC(=O)[C@@H]1C[C@H](N)CN1)[C@H]1C(=O)N2C(C(=O)O)=C(S[C@@H]3CN[C@H](C(=O)N4CC[C@@H](N)C4)C3)[C@H](C)[C@H]12. The molecule has 4 saturated heterocycles. The lowest BCUT2D eigenvalue weighted by Crippen LogP contribution is -2.66. The Morgan fingerprint density at radius 3 is 2.49 bits per heavy atom. The summed E-state index contributed by atoms with van der Waals surface area (Å²) < 4.78 is 0. The van der Waals surface area contributed by atoms with Crippen LogP contribution in [0.25, 0.3) is 0 Å². The molecule has 12 nitrogen and oxygen atoms in total. The lowest BCUT2D eigenvalue weighted by molar-refractivity contribution is -0.158. The highest BCUT2D eigenvalue weighted by atomic mass is 32.2. The van der Waals surface area contributed by atoms with Gasteiger partial charge in [0.25, 0.3) is 0 Å². The highest BCUT2D eigenvalue weighted by Gasteiger charge is 2.60. The third kappa shape index (κ3) is 4.76. The second-order valence-corrected chi connectivity index (χ2v) is 12.4. The number of hydrogen-bond donors (Lipinski definition) is 6. The summed E-state index contributed by atoms with van der Waals surface area (Å²) in [6, 6.07) is -1.52. The molecule has 0 aromatic carbocycles. The predicted molar refractivity (Wildman–Crippen MR) is 137 cm³/mol. The van der Waals surface area contributed by atoms with Gasteiger partial charge in [-0.2, -0.15) is 0 Å². The molecular formula is C24H37N7O5S. The first-order chi connectivity index (χ1) is 17.6. The number of β-lactam (4-membered cyclic amide) rings is 1. The van der Waals surface area contributed by atoms with Crippen molar-refractivity contribution in [3.63, 3.8) is 0 Å². The van der Waals surface area contributed by atoms with E-state index in [2.05, 4.69) is 16.0 Å². The van der Waals surface area contributed by atoms with E-state index >= 15 is 0 Å². The van der Waals surface area contributed by atoms with Gasteiger partial charge in [-0.15, -0.1) is 11.8 Å². The Morgan fingerprint density at radius 1 is 1.14 bits per heavy atom. The molecule has 13 heteroatoms. The minimum absolute atomic E-state index is 0.0130. The summed E-state index contributed by atoms with van der Waals surface area (Å²) in [5.41, 5.74) is 11.9. The lowest BCUT2D eigenvalue weighted by atomic mass is 9.78.